The Bertz CT molecular complexity index is 1130. The summed E-state index contributed by atoms with van der Waals surface area (Å²) in [5.41, 5.74) is 8.38. The van der Waals surface area contributed by atoms with E-state index in [1.165, 1.54) is 49.7 Å². The van der Waals surface area contributed by atoms with Gasteiger partial charge in [-0.1, -0.05) is 151 Å². The standard InChI is InChI=1S/C35H40P2/c1-2-15-33(30-18-9-4-10-19-30)36(28-29-16-7-3-8-17-29)26-27-37-34(31-20-11-5-12-21-31)24-25-35(37)32-22-13-6-14-23-32/h3-14,16-23,33-35H,2,15,24-28H2,1H3/t33-,34-,35-,36?/m1/s1. The monoisotopic (exact) mass is 522 g/mol. The van der Waals surface area contributed by atoms with Crippen LogP contribution in [0, 0.1) is 0 Å². The lowest BCUT2D eigenvalue weighted by Gasteiger charge is -2.33. The fraction of sp³-hybridized carbons (Fsp3) is 0.314. The molecule has 1 saturated heterocycles. The van der Waals surface area contributed by atoms with Gasteiger partial charge in [-0.15, -0.1) is 0 Å². The molecule has 0 amide bonds. The first-order valence-electron chi connectivity index (χ1n) is 14.0. The number of hydrogen-bond acceptors (Lipinski definition) is 0. The predicted octanol–water partition coefficient (Wildman–Crippen LogP) is 11.0. The van der Waals surface area contributed by atoms with Gasteiger partial charge in [0, 0.05) is 17.0 Å². The molecule has 37 heavy (non-hydrogen) atoms. The molecule has 190 valence electrons. The summed E-state index contributed by atoms with van der Waals surface area (Å²) in [6.07, 6.45) is 9.23. The summed E-state index contributed by atoms with van der Waals surface area (Å²) in [5.74, 6) is 0. The van der Waals surface area contributed by atoms with Crippen molar-refractivity contribution < 1.29 is 0 Å². The van der Waals surface area contributed by atoms with Crippen molar-refractivity contribution in [1.82, 2.24) is 0 Å². The van der Waals surface area contributed by atoms with Gasteiger partial charge in [-0.25, -0.2) is 0 Å². The smallest absolute Gasteiger partial charge is 0.00477 e. The van der Waals surface area contributed by atoms with Crippen molar-refractivity contribution in [2.75, 3.05) is 12.3 Å². The molecule has 1 fully saturated rings. The maximum Gasteiger partial charge on any atom is 0.00477 e. The molecule has 0 saturated carbocycles. The molecule has 0 aromatic heterocycles. The molecule has 1 aliphatic rings. The lowest BCUT2D eigenvalue weighted by molar-refractivity contribution is 0.765. The van der Waals surface area contributed by atoms with Crippen LogP contribution in [0.2, 0.25) is 0 Å². The molecule has 1 heterocycles. The van der Waals surface area contributed by atoms with E-state index < -0.39 is 0 Å². The van der Waals surface area contributed by atoms with Crippen LogP contribution in [0.4, 0.5) is 0 Å². The average Bonchev–Trinajstić information content (AvgIpc) is 3.40. The second-order valence-electron chi connectivity index (χ2n) is 10.3. The van der Waals surface area contributed by atoms with Gasteiger partial charge in [0.2, 0.25) is 0 Å². The van der Waals surface area contributed by atoms with Gasteiger partial charge in [-0.2, -0.15) is 0 Å². The van der Waals surface area contributed by atoms with E-state index >= 15 is 0 Å². The van der Waals surface area contributed by atoms with Crippen molar-refractivity contribution in [3.8, 4) is 0 Å². The summed E-state index contributed by atoms with van der Waals surface area (Å²) in [4.78, 5) is 0. The summed E-state index contributed by atoms with van der Waals surface area (Å²) in [5, 5.41) is 0. The summed E-state index contributed by atoms with van der Waals surface area (Å²) in [6, 6.07) is 45.6. The predicted molar refractivity (Wildman–Crippen MR) is 165 cm³/mol. The number of hydrogen-bond donors (Lipinski definition) is 0. The summed E-state index contributed by atoms with van der Waals surface area (Å²) < 4.78 is 0. The molecular weight excluding hydrogens is 482 g/mol. The van der Waals surface area contributed by atoms with Gasteiger partial charge in [0.15, 0.2) is 0 Å². The van der Waals surface area contributed by atoms with Crippen molar-refractivity contribution in [1.29, 1.82) is 0 Å². The minimum absolute atomic E-state index is 0.118. The zero-order valence-corrected chi connectivity index (χ0v) is 23.9. The Kier molecular flexibility index (Phi) is 9.62. The minimum Gasteiger partial charge on any atom is -0.0942 e. The first-order valence-corrected chi connectivity index (χ1v) is 17.5. The van der Waals surface area contributed by atoms with Gasteiger partial charge in [-0.05, 0) is 60.0 Å². The Labute approximate surface area is 227 Å². The Morgan fingerprint density at radius 2 is 1.16 bits per heavy atom. The van der Waals surface area contributed by atoms with Gasteiger partial charge in [0.05, 0.1) is 0 Å². The zero-order chi connectivity index (χ0) is 25.3. The van der Waals surface area contributed by atoms with E-state index in [4.69, 9.17) is 0 Å². The SMILES string of the molecule is CCC[C@H](c1ccccc1)P(CCP1[C@@H](c2ccccc2)CC[C@@H]1c1ccccc1)Cc1ccccc1. The van der Waals surface area contributed by atoms with E-state index in [-0.39, 0.29) is 15.8 Å². The van der Waals surface area contributed by atoms with E-state index in [0.29, 0.717) is 5.66 Å². The second-order valence-corrected chi connectivity index (χ2v) is 15.6. The minimum atomic E-state index is -0.158. The van der Waals surface area contributed by atoms with Crippen LogP contribution in [0.25, 0.3) is 0 Å². The van der Waals surface area contributed by atoms with Crippen LogP contribution in [0.5, 0.6) is 0 Å². The van der Waals surface area contributed by atoms with E-state index in [9.17, 15) is 0 Å². The first kappa shape index (κ1) is 26.4. The molecule has 1 unspecified atom stereocenters. The van der Waals surface area contributed by atoms with Crippen LogP contribution in [0.15, 0.2) is 121 Å². The molecule has 0 spiro atoms. The highest BCUT2D eigenvalue weighted by Gasteiger charge is 2.37. The van der Waals surface area contributed by atoms with Crippen LogP contribution < -0.4 is 0 Å². The van der Waals surface area contributed by atoms with Gasteiger partial charge in [0.25, 0.3) is 0 Å². The van der Waals surface area contributed by atoms with Crippen molar-refractivity contribution in [2.45, 2.75) is 55.7 Å². The van der Waals surface area contributed by atoms with Gasteiger partial charge >= 0.3 is 0 Å². The highest BCUT2D eigenvalue weighted by Crippen LogP contribution is 2.71. The van der Waals surface area contributed by atoms with Crippen LogP contribution >= 0.6 is 15.8 Å². The third kappa shape index (κ3) is 6.79. The van der Waals surface area contributed by atoms with Gasteiger partial charge in [0.1, 0.15) is 0 Å². The third-order valence-electron chi connectivity index (χ3n) is 7.94. The Morgan fingerprint density at radius 3 is 1.68 bits per heavy atom. The van der Waals surface area contributed by atoms with E-state index in [2.05, 4.69) is 128 Å². The number of rotatable bonds is 11. The molecule has 0 bridgehead atoms. The van der Waals surface area contributed by atoms with Gasteiger partial charge in [-0.3, -0.25) is 0 Å². The second kappa shape index (κ2) is 13.5. The van der Waals surface area contributed by atoms with Crippen molar-refractivity contribution in [3.63, 3.8) is 0 Å². The van der Waals surface area contributed by atoms with Crippen LogP contribution in [-0.2, 0) is 6.16 Å². The summed E-state index contributed by atoms with van der Waals surface area (Å²) in [7, 11) is -0.277. The Morgan fingerprint density at radius 1 is 0.676 bits per heavy atom. The molecule has 5 rings (SSSR count). The molecule has 1 aliphatic heterocycles. The first-order chi connectivity index (χ1) is 18.3. The maximum atomic E-state index is 2.39. The Hall–Kier alpha value is -2.26. The van der Waals surface area contributed by atoms with E-state index in [0.717, 1.165) is 11.3 Å². The highest BCUT2D eigenvalue weighted by molar-refractivity contribution is 7.62. The van der Waals surface area contributed by atoms with Crippen molar-refractivity contribution in [3.05, 3.63) is 144 Å². The molecular formula is C35H40P2. The van der Waals surface area contributed by atoms with Crippen molar-refractivity contribution in [2.24, 2.45) is 0 Å². The lowest BCUT2D eigenvalue weighted by Crippen LogP contribution is -2.07. The van der Waals surface area contributed by atoms with Crippen LogP contribution in [0.3, 0.4) is 0 Å². The highest BCUT2D eigenvalue weighted by atomic mass is 31.1. The topological polar surface area (TPSA) is 0 Å². The largest absolute Gasteiger partial charge is 0.0942 e. The lowest BCUT2D eigenvalue weighted by atomic mass is 10.0. The summed E-state index contributed by atoms with van der Waals surface area (Å²) in [6.45, 7) is 2.36. The van der Waals surface area contributed by atoms with Gasteiger partial charge < -0.3 is 0 Å². The molecule has 0 N–H and O–H groups in total. The molecule has 4 aromatic rings. The average molecular weight is 523 g/mol. The zero-order valence-electron chi connectivity index (χ0n) is 22.1. The third-order valence-corrected chi connectivity index (χ3v) is 14.8. The molecule has 2 heteroatoms. The quantitative estimate of drug-likeness (QED) is 0.172. The van der Waals surface area contributed by atoms with Crippen molar-refractivity contribution >= 4 is 15.8 Å². The number of benzene rings is 4. The fourth-order valence-corrected chi connectivity index (χ4v) is 13.8. The fourth-order valence-electron chi connectivity index (χ4n) is 6.16. The molecule has 0 nitrogen and oxygen atoms in total. The molecule has 0 aliphatic carbocycles. The van der Waals surface area contributed by atoms with E-state index in [1.54, 1.807) is 16.7 Å². The molecule has 4 aromatic carbocycles. The summed E-state index contributed by atoms with van der Waals surface area (Å²) >= 11 is 0. The van der Waals surface area contributed by atoms with E-state index in [1.807, 2.05) is 0 Å². The van der Waals surface area contributed by atoms with Crippen LogP contribution in [0.1, 0.15) is 71.8 Å². The van der Waals surface area contributed by atoms with Crippen LogP contribution in [-0.4, -0.2) is 12.3 Å². The Balaban J connectivity index is 1.44. The molecule has 4 atom stereocenters. The normalized spacial score (nSPS) is 19.5. The maximum absolute atomic E-state index is 2.39. The molecule has 0 radical (unpaired) electrons.